The molecule has 1 fully saturated rings. The second-order valence-corrected chi connectivity index (χ2v) is 8.12. The monoisotopic (exact) mass is 361 g/mol. The first-order valence-electron chi connectivity index (χ1n) is 8.27. The fourth-order valence-corrected chi connectivity index (χ4v) is 3.99. The van der Waals surface area contributed by atoms with E-state index in [0.717, 1.165) is 12.0 Å². The molecule has 1 aliphatic rings. The van der Waals surface area contributed by atoms with Crippen LogP contribution in [0.15, 0.2) is 53.6 Å². The first-order valence-corrected chi connectivity index (χ1v) is 9.75. The summed E-state index contributed by atoms with van der Waals surface area (Å²) in [5.41, 5.74) is 1.08. The zero-order valence-electron chi connectivity index (χ0n) is 14.4. The molecular formula is C18H23N3O3S. The molecule has 0 bridgehead atoms. The van der Waals surface area contributed by atoms with Crippen LogP contribution >= 0.6 is 0 Å². The summed E-state index contributed by atoms with van der Waals surface area (Å²) in [6.07, 6.45) is 2.15. The molecule has 2 heterocycles. The van der Waals surface area contributed by atoms with Gasteiger partial charge in [0.25, 0.3) is 0 Å². The lowest BCUT2D eigenvalue weighted by Gasteiger charge is -2.19. The summed E-state index contributed by atoms with van der Waals surface area (Å²) in [6.45, 7) is 0.988. The number of aromatic nitrogens is 1. The quantitative estimate of drug-likeness (QED) is 0.854. The van der Waals surface area contributed by atoms with Gasteiger partial charge < -0.3 is 9.64 Å². The van der Waals surface area contributed by atoms with Crippen LogP contribution in [0.4, 0.5) is 5.82 Å². The number of anilines is 1. The maximum atomic E-state index is 12.5. The first kappa shape index (κ1) is 17.8. The van der Waals surface area contributed by atoms with Gasteiger partial charge in [-0.2, -0.15) is 0 Å². The number of rotatable bonds is 6. The van der Waals surface area contributed by atoms with Gasteiger partial charge >= 0.3 is 0 Å². The average Bonchev–Trinajstić information content (AvgIpc) is 3.09. The normalized spacial score (nSPS) is 20.6. The smallest absolute Gasteiger partial charge is 0.242 e. The van der Waals surface area contributed by atoms with Gasteiger partial charge in [0.05, 0.1) is 6.10 Å². The predicted octanol–water partition coefficient (Wildman–Crippen LogP) is 2.20. The molecule has 1 aromatic carbocycles. The standard InChI is InChI=1S/C18H23N3O3S/c1-21(2)17-9-8-16(13-19-17)25(22,23)20-12-15-10-11-24-18(15)14-6-4-3-5-7-14/h3-9,13,15,18,20H,10-12H2,1-2H3/t15-,18-/m0/s1. The van der Waals surface area contributed by atoms with Crippen molar-refractivity contribution in [2.45, 2.75) is 17.4 Å². The Kier molecular flexibility index (Phi) is 5.36. The number of pyridine rings is 1. The molecule has 0 amide bonds. The molecule has 7 heteroatoms. The second-order valence-electron chi connectivity index (χ2n) is 6.35. The van der Waals surface area contributed by atoms with E-state index in [1.807, 2.05) is 49.3 Å². The molecule has 25 heavy (non-hydrogen) atoms. The molecule has 1 aromatic heterocycles. The van der Waals surface area contributed by atoms with Crippen molar-refractivity contribution in [2.24, 2.45) is 5.92 Å². The highest BCUT2D eigenvalue weighted by Crippen LogP contribution is 2.34. The van der Waals surface area contributed by atoms with E-state index in [1.165, 1.54) is 6.20 Å². The summed E-state index contributed by atoms with van der Waals surface area (Å²) in [7, 11) is 0.137. The van der Waals surface area contributed by atoms with E-state index in [9.17, 15) is 8.42 Å². The van der Waals surface area contributed by atoms with Crippen LogP contribution in [0.25, 0.3) is 0 Å². The molecule has 1 aliphatic heterocycles. The van der Waals surface area contributed by atoms with Crippen molar-refractivity contribution < 1.29 is 13.2 Å². The maximum absolute atomic E-state index is 12.5. The molecular weight excluding hydrogens is 338 g/mol. The minimum atomic E-state index is -3.58. The second kappa shape index (κ2) is 7.51. The van der Waals surface area contributed by atoms with Crippen molar-refractivity contribution in [1.29, 1.82) is 0 Å². The van der Waals surface area contributed by atoms with Crippen molar-refractivity contribution in [1.82, 2.24) is 9.71 Å². The molecule has 2 aromatic rings. The Balaban J connectivity index is 1.67. The third-order valence-electron chi connectivity index (χ3n) is 4.37. The van der Waals surface area contributed by atoms with Gasteiger partial charge in [-0.05, 0) is 24.1 Å². The molecule has 6 nitrogen and oxygen atoms in total. The fraction of sp³-hybridized carbons (Fsp3) is 0.389. The molecule has 3 rings (SSSR count). The SMILES string of the molecule is CN(C)c1ccc(S(=O)(=O)NC[C@@H]2CCO[C@H]2c2ccccc2)cn1. The van der Waals surface area contributed by atoms with Crippen LogP contribution in [0, 0.1) is 5.92 Å². The third kappa shape index (κ3) is 4.18. The maximum Gasteiger partial charge on any atom is 0.242 e. The van der Waals surface area contributed by atoms with E-state index in [-0.39, 0.29) is 16.9 Å². The van der Waals surface area contributed by atoms with Crippen molar-refractivity contribution in [3.05, 3.63) is 54.2 Å². The summed E-state index contributed by atoms with van der Waals surface area (Å²) in [6, 6.07) is 13.2. The zero-order chi connectivity index (χ0) is 17.9. The zero-order valence-corrected chi connectivity index (χ0v) is 15.2. The Bertz CT molecular complexity index is 792. The lowest BCUT2D eigenvalue weighted by Crippen LogP contribution is -2.30. The van der Waals surface area contributed by atoms with Gasteiger partial charge in [0.1, 0.15) is 10.7 Å². The number of ether oxygens (including phenoxy) is 1. The lowest BCUT2D eigenvalue weighted by atomic mass is 9.96. The highest BCUT2D eigenvalue weighted by atomic mass is 32.2. The number of hydrogen-bond acceptors (Lipinski definition) is 5. The van der Waals surface area contributed by atoms with E-state index in [1.54, 1.807) is 12.1 Å². The van der Waals surface area contributed by atoms with E-state index in [4.69, 9.17) is 4.74 Å². The molecule has 0 radical (unpaired) electrons. The molecule has 0 spiro atoms. The molecule has 2 atom stereocenters. The highest BCUT2D eigenvalue weighted by molar-refractivity contribution is 7.89. The van der Waals surface area contributed by atoms with Crippen molar-refractivity contribution >= 4 is 15.8 Å². The fourth-order valence-electron chi connectivity index (χ4n) is 2.95. The Morgan fingerprint density at radius 1 is 1.20 bits per heavy atom. The van der Waals surface area contributed by atoms with Crippen LogP contribution < -0.4 is 9.62 Å². The molecule has 0 unspecified atom stereocenters. The number of nitrogens with zero attached hydrogens (tertiary/aromatic N) is 2. The van der Waals surface area contributed by atoms with E-state index in [0.29, 0.717) is 19.0 Å². The molecule has 0 saturated carbocycles. The topological polar surface area (TPSA) is 71.5 Å². The van der Waals surface area contributed by atoms with Gasteiger partial charge in [-0.3, -0.25) is 0 Å². The summed E-state index contributed by atoms with van der Waals surface area (Å²) in [5, 5.41) is 0. The average molecular weight is 361 g/mol. The van der Waals surface area contributed by atoms with Crippen LogP contribution in [0.3, 0.4) is 0 Å². The molecule has 0 aliphatic carbocycles. The largest absolute Gasteiger partial charge is 0.373 e. The summed E-state index contributed by atoms with van der Waals surface area (Å²) >= 11 is 0. The number of nitrogens with one attached hydrogen (secondary N) is 1. The van der Waals surface area contributed by atoms with Crippen LogP contribution in [0.2, 0.25) is 0 Å². The van der Waals surface area contributed by atoms with Gasteiger partial charge in [-0.25, -0.2) is 18.1 Å². The predicted molar refractivity (Wildman–Crippen MR) is 97.0 cm³/mol. The molecule has 1 saturated heterocycles. The summed E-state index contributed by atoms with van der Waals surface area (Å²) < 4.78 is 33.5. The highest BCUT2D eigenvalue weighted by Gasteiger charge is 2.30. The summed E-state index contributed by atoms with van der Waals surface area (Å²) in [4.78, 5) is 6.17. The van der Waals surface area contributed by atoms with Crippen LogP contribution in [-0.2, 0) is 14.8 Å². The Morgan fingerprint density at radius 3 is 2.60 bits per heavy atom. The number of sulfonamides is 1. The van der Waals surface area contributed by atoms with E-state index < -0.39 is 10.0 Å². The Labute approximate surface area is 148 Å². The van der Waals surface area contributed by atoms with Gasteiger partial charge in [-0.1, -0.05) is 30.3 Å². The van der Waals surface area contributed by atoms with Crippen LogP contribution in [0.5, 0.6) is 0 Å². The van der Waals surface area contributed by atoms with E-state index in [2.05, 4.69) is 9.71 Å². The minimum absolute atomic E-state index is 0.0712. The third-order valence-corrected chi connectivity index (χ3v) is 5.78. The van der Waals surface area contributed by atoms with Gasteiger partial charge in [-0.15, -0.1) is 0 Å². The summed E-state index contributed by atoms with van der Waals surface area (Å²) in [5.74, 6) is 0.832. The van der Waals surface area contributed by atoms with Crippen molar-refractivity contribution in [2.75, 3.05) is 32.1 Å². The van der Waals surface area contributed by atoms with Crippen molar-refractivity contribution in [3.63, 3.8) is 0 Å². The van der Waals surface area contributed by atoms with Gasteiger partial charge in [0.15, 0.2) is 0 Å². The van der Waals surface area contributed by atoms with E-state index >= 15 is 0 Å². The van der Waals surface area contributed by atoms with Crippen LogP contribution in [-0.4, -0.2) is 40.6 Å². The molecule has 134 valence electrons. The Morgan fingerprint density at radius 2 is 1.96 bits per heavy atom. The minimum Gasteiger partial charge on any atom is -0.373 e. The van der Waals surface area contributed by atoms with Gasteiger partial charge in [0, 0.05) is 39.4 Å². The number of benzene rings is 1. The van der Waals surface area contributed by atoms with Crippen molar-refractivity contribution in [3.8, 4) is 0 Å². The number of hydrogen-bond donors (Lipinski definition) is 1. The Hall–Kier alpha value is -1.96. The first-order chi connectivity index (χ1) is 12.0. The molecule has 1 N–H and O–H groups in total. The lowest BCUT2D eigenvalue weighted by molar-refractivity contribution is 0.0917. The van der Waals surface area contributed by atoms with Gasteiger partial charge in [0.2, 0.25) is 10.0 Å². The van der Waals surface area contributed by atoms with Crippen LogP contribution in [0.1, 0.15) is 18.1 Å².